The molecule has 1 heterocycles. The van der Waals surface area contributed by atoms with Crippen molar-refractivity contribution in [1.29, 1.82) is 0 Å². The van der Waals surface area contributed by atoms with Crippen LogP contribution in [0.1, 0.15) is 45.4 Å². The Hall–Kier alpha value is -2.06. The van der Waals surface area contributed by atoms with Crippen LogP contribution in [0, 0.1) is 0 Å². The SMILES string of the molecule is CC(=O)SCC(=O)NCCCCCC(=O)Nc1ccc(OCCN2CCCC2)cc1. The van der Waals surface area contributed by atoms with Gasteiger partial charge in [0, 0.05) is 32.1 Å². The summed E-state index contributed by atoms with van der Waals surface area (Å²) in [6.07, 6.45) is 5.45. The van der Waals surface area contributed by atoms with Gasteiger partial charge in [-0.25, -0.2) is 0 Å². The minimum Gasteiger partial charge on any atom is -0.492 e. The Morgan fingerprint density at radius 1 is 1.03 bits per heavy atom. The number of nitrogens with one attached hydrogen (secondary N) is 2. The van der Waals surface area contributed by atoms with E-state index in [9.17, 15) is 14.4 Å². The van der Waals surface area contributed by atoms with Crippen LogP contribution in [0.2, 0.25) is 0 Å². The number of nitrogens with zero attached hydrogens (tertiary/aromatic N) is 1. The summed E-state index contributed by atoms with van der Waals surface area (Å²) in [4.78, 5) is 36.7. The predicted molar refractivity (Wildman–Crippen MR) is 121 cm³/mol. The van der Waals surface area contributed by atoms with Gasteiger partial charge in [-0.3, -0.25) is 19.3 Å². The van der Waals surface area contributed by atoms with Crippen LogP contribution in [-0.2, 0) is 14.4 Å². The molecule has 1 aliphatic heterocycles. The van der Waals surface area contributed by atoms with Crippen LogP contribution in [0.4, 0.5) is 5.69 Å². The first-order chi connectivity index (χ1) is 14.5. The molecule has 1 fully saturated rings. The van der Waals surface area contributed by atoms with Crippen LogP contribution in [0.5, 0.6) is 5.75 Å². The van der Waals surface area contributed by atoms with Crippen molar-refractivity contribution in [2.24, 2.45) is 0 Å². The van der Waals surface area contributed by atoms with E-state index >= 15 is 0 Å². The number of thioether (sulfide) groups is 1. The molecule has 30 heavy (non-hydrogen) atoms. The van der Waals surface area contributed by atoms with E-state index in [-0.39, 0.29) is 22.7 Å². The number of benzene rings is 1. The molecule has 0 aliphatic carbocycles. The molecule has 2 rings (SSSR count). The van der Waals surface area contributed by atoms with Crippen LogP contribution in [-0.4, -0.2) is 60.4 Å². The van der Waals surface area contributed by atoms with E-state index in [1.807, 2.05) is 24.3 Å². The molecule has 1 saturated heterocycles. The maximum atomic E-state index is 12.1. The van der Waals surface area contributed by atoms with Crippen LogP contribution in [0.25, 0.3) is 0 Å². The van der Waals surface area contributed by atoms with Crippen molar-refractivity contribution >= 4 is 34.4 Å². The van der Waals surface area contributed by atoms with E-state index in [4.69, 9.17) is 4.74 Å². The zero-order chi connectivity index (χ0) is 21.6. The van der Waals surface area contributed by atoms with Gasteiger partial charge in [-0.2, -0.15) is 0 Å². The summed E-state index contributed by atoms with van der Waals surface area (Å²) < 4.78 is 5.77. The molecular weight excluding hydrogens is 402 g/mol. The largest absolute Gasteiger partial charge is 0.492 e. The van der Waals surface area contributed by atoms with Gasteiger partial charge in [0.25, 0.3) is 0 Å². The topological polar surface area (TPSA) is 87.7 Å². The molecule has 166 valence electrons. The standard InChI is InChI=1S/C22H33N3O4S/c1-18(26)30-17-22(28)23-12-4-2-3-7-21(27)24-19-8-10-20(11-9-19)29-16-15-25-13-5-6-14-25/h8-11H,2-7,12-17H2,1H3,(H,23,28)(H,24,27). The summed E-state index contributed by atoms with van der Waals surface area (Å²) in [7, 11) is 0. The second-order valence-electron chi connectivity index (χ2n) is 7.41. The van der Waals surface area contributed by atoms with E-state index in [1.165, 1.54) is 32.9 Å². The Morgan fingerprint density at radius 2 is 1.77 bits per heavy atom. The maximum absolute atomic E-state index is 12.1. The van der Waals surface area contributed by atoms with Gasteiger partial charge in [0.2, 0.25) is 11.8 Å². The third-order valence-electron chi connectivity index (χ3n) is 4.82. The van der Waals surface area contributed by atoms with Crippen molar-refractivity contribution in [3.05, 3.63) is 24.3 Å². The number of anilines is 1. The fourth-order valence-electron chi connectivity index (χ4n) is 3.19. The summed E-state index contributed by atoms with van der Waals surface area (Å²) in [6, 6.07) is 7.48. The highest BCUT2D eigenvalue weighted by atomic mass is 32.2. The van der Waals surface area contributed by atoms with Gasteiger partial charge in [-0.1, -0.05) is 18.2 Å². The summed E-state index contributed by atoms with van der Waals surface area (Å²) >= 11 is 1.01. The fraction of sp³-hybridized carbons (Fsp3) is 0.591. The van der Waals surface area contributed by atoms with Crippen LogP contribution < -0.4 is 15.4 Å². The number of hydrogen-bond donors (Lipinski definition) is 2. The zero-order valence-electron chi connectivity index (χ0n) is 17.8. The van der Waals surface area contributed by atoms with Crippen molar-refractivity contribution in [3.63, 3.8) is 0 Å². The second-order valence-corrected chi connectivity index (χ2v) is 8.56. The third-order valence-corrected chi connectivity index (χ3v) is 5.64. The number of rotatable bonds is 13. The maximum Gasteiger partial charge on any atom is 0.230 e. The molecule has 1 aliphatic rings. The quantitative estimate of drug-likeness (QED) is 0.463. The van der Waals surface area contributed by atoms with E-state index in [0.29, 0.717) is 19.6 Å². The van der Waals surface area contributed by atoms with Gasteiger partial charge >= 0.3 is 0 Å². The predicted octanol–water partition coefficient (Wildman–Crippen LogP) is 3.06. The summed E-state index contributed by atoms with van der Waals surface area (Å²) in [5.41, 5.74) is 0.766. The van der Waals surface area contributed by atoms with Gasteiger partial charge in [0.1, 0.15) is 12.4 Å². The number of ether oxygens (including phenoxy) is 1. The molecule has 0 aromatic heterocycles. The molecule has 0 unspecified atom stereocenters. The van der Waals surface area contributed by atoms with Crippen molar-refractivity contribution in [2.75, 3.05) is 43.9 Å². The Labute approximate surface area is 183 Å². The van der Waals surface area contributed by atoms with Gasteiger partial charge in [-0.05, 0) is 63.0 Å². The lowest BCUT2D eigenvalue weighted by atomic mass is 10.2. The Morgan fingerprint density at radius 3 is 2.47 bits per heavy atom. The Balaban J connectivity index is 1.51. The van der Waals surface area contributed by atoms with E-state index < -0.39 is 0 Å². The molecule has 8 heteroatoms. The first-order valence-corrected chi connectivity index (χ1v) is 11.7. The molecular formula is C22H33N3O4S. The lowest BCUT2D eigenvalue weighted by Crippen LogP contribution is -2.26. The van der Waals surface area contributed by atoms with Crippen LogP contribution in [0.3, 0.4) is 0 Å². The van der Waals surface area contributed by atoms with Crippen molar-refractivity contribution in [1.82, 2.24) is 10.2 Å². The Bertz CT molecular complexity index is 675. The number of amides is 2. The van der Waals surface area contributed by atoms with Gasteiger partial charge in [0.05, 0.1) is 5.75 Å². The average molecular weight is 436 g/mol. The lowest BCUT2D eigenvalue weighted by molar-refractivity contribution is -0.119. The molecule has 0 spiro atoms. The molecule has 0 saturated carbocycles. The summed E-state index contributed by atoms with van der Waals surface area (Å²) in [5.74, 6) is 0.840. The minimum absolute atomic E-state index is 0.0143. The summed E-state index contributed by atoms with van der Waals surface area (Å²) in [5, 5.41) is 5.61. The van der Waals surface area contributed by atoms with Crippen molar-refractivity contribution in [3.8, 4) is 5.75 Å². The van der Waals surface area contributed by atoms with E-state index in [2.05, 4.69) is 15.5 Å². The molecule has 7 nitrogen and oxygen atoms in total. The van der Waals surface area contributed by atoms with Crippen LogP contribution in [0.15, 0.2) is 24.3 Å². The van der Waals surface area contributed by atoms with Gasteiger partial charge in [0.15, 0.2) is 5.12 Å². The number of unbranched alkanes of at least 4 members (excludes halogenated alkanes) is 2. The summed E-state index contributed by atoms with van der Waals surface area (Å²) in [6.45, 7) is 5.99. The smallest absolute Gasteiger partial charge is 0.230 e. The van der Waals surface area contributed by atoms with E-state index in [0.717, 1.165) is 49.0 Å². The van der Waals surface area contributed by atoms with Crippen molar-refractivity contribution < 1.29 is 19.1 Å². The number of hydrogen-bond acceptors (Lipinski definition) is 6. The van der Waals surface area contributed by atoms with Gasteiger partial charge < -0.3 is 15.4 Å². The zero-order valence-corrected chi connectivity index (χ0v) is 18.6. The molecule has 2 N–H and O–H groups in total. The highest BCUT2D eigenvalue weighted by molar-refractivity contribution is 8.14. The highest BCUT2D eigenvalue weighted by Crippen LogP contribution is 2.16. The molecule has 1 aromatic carbocycles. The normalized spacial score (nSPS) is 13.8. The molecule has 0 bridgehead atoms. The fourth-order valence-corrected chi connectivity index (χ4v) is 3.63. The Kier molecular flexibility index (Phi) is 11.3. The molecule has 0 atom stereocenters. The molecule has 0 radical (unpaired) electrons. The highest BCUT2D eigenvalue weighted by Gasteiger charge is 2.10. The minimum atomic E-state index is -0.128. The second kappa shape index (κ2) is 14.0. The lowest BCUT2D eigenvalue weighted by Gasteiger charge is -2.15. The number of carbonyl (C=O) groups excluding carboxylic acids is 3. The monoisotopic (exact) mass is 435 g/mol. The molecule has 1 aromatic rings. The van der Waals surface area contributed by atoms with Crippen LogP contribution >= 0.6 is 11.8 Å². The average Bonchev–Trinajstić information content (AvgIpc) is 3.24. The van der Waals surface area contributed by atoms with Crippen molar-refractivity contribution in [2.45, 2.75) is 45.4 Å². The number of likely N-dealkylation sites (tertiary alicyclic amines) is 1. The van der Waals surface area contributed by atoms with Gasteiger partial charge in [-0.15, -0.1) is 0 Å². The van der Waals surface area contributed by atoms with E-state index in [1.54, 1.807) is 0 Å². The first kappa shape index (κ1) is 24.2. The first-order valence-electron chi connectivity index (χ1n) is 10.7. The number of carbonyl (C=O) groups is 3. The molecule has 2 amide bonds. The third kappa shape index (κ3) is 10.6.